The van der Waals surface area contributed by atoms with Crippen molar-refractivity contribution in [2.45, 2.75) is 6.92 Å². The van der Waals surface area contributed by atoms with Gasteiger partial charge >= 0.3 is 0 Å². The van der Waals surface area contributed by atoms with Crippen LogP contribution in [-0.4, -0.2) is 69.1 Å². The predicted octanol–water partition coefficient (Wildman–Crippen LogP) is 4.18. The number of fused-ring (bicyclic) bond motifs is 1. The van der Waals surface area contributed by atoms with Crippen molar-refractivity contribution >= 4 is 40.2 Å². The Balaban J connectivity index is 1.33. The molecule has 8 nitrogen and oxygen atoms in total. The summed E-state index contributed by atoms with van der Waals surface area (Å²) < 4.78 is 0. The van der Waals surface area contributed by atoms with Crippen LogP contribution in [0.4, 0.5) is 11.6 Å². The normalized spacial score (nSPS) is 14.4. The van der Waals surface area contributed by atoms with Crippen molar-refractivity contribution in [1.82, 2.24) is 30.0 Å². The van der Waals surface area contributed by atoms with Gasteiger partial charge < -0.3 is 15.1 Å². The van der Waals surface area contributed by atoms with Crippen LogP contribution in [0.5, 0.6) is 0 Å². The molecule has 1 fully saturated rings. The molecule has 0 saturated carbocycles. The topological polar surface area (TPSA) is 87.1 Å². The number of pyridine rings is 1. The van der Waals surface area contributed by atoms with E-state index in [1.807, 2.05) is 48.2 Å². The van der Waals surface area contributed by atoms with Crippen molar-refractivity contribution in [2.75, 3.05) is 38.5 Å². The van der Waals surface area contributed by atoms with Crippen molar-refractivity contribution in [3.63, 3.8) is 0 Å². The summed E-state index contributed by atoms with van der Waals surface area (Å²) in [6.45, 7) is 5.30. The van der Waals surface area contributed by atoms with Gasteiger partial charge in [0.2, 0.25) is 5.95 Å². The number of anilines is 2. The number of likely N-dealkylation sites (N-methyl/N-ethyl adjacent to an activating group) is 1. The molecule has 0 unspecified atom stereocenters. The van der Waals surface area contributed by atoms with Gasteiger partial charge in [0.15, 0.2) is 0 Å². The van der Waals surface area contributed by atoms with Crippen molar-refractivity contribution < 1.29 is 4.79 Å². The highest BCUT2D eigenvalue weighted by Crippen LogP contribution is 2.31. The van der Waals surface area contributed by atoms with Crippen LogP contribution in [0.3, 0.4) is 0 Å². The molecule has 1 amide bonds. The molecule has 1 aliphatic heterocycles. The summed E-state index contributed by atoms with van der Waals surface area (Å²) in [6.07, 6.45) is 3.40. The second-order valence-electron chi connectivity index (χ2n) is 8.44. The third kappa shape index (κ3) is 4.55. The van der Waals surface area contributed by atoms with E-state index >= 15 is 0 Å². The van der Waals surface area contributed by atoms with Gasteiger partial charge in [-0.1, -0.05) is 11.6 Å². The molecule has 0 radical (unpaired) electrons. The minimum atomic E-state index is 0.0586. The second kappa shape index (κ2) is 9.32. The molecule has 172 valence electrons. The summed E-state index contributed by atoms with van der Waals surface area (Å²) in [4.78, 5) is 25.7. The zero-order valence-corrected chi connectivity index (χ0v) is 19.8. The fraction of sp³-hybridized carbons (Fsp3) is 0.240. The van der Waals surface area contributed by atoms with Gasteiger partial charge in [-0.15, -0.1) is 10.2 Å². The molecule has 0 spiro atoms. The maximum absolute atomic E-state index is 12.7. The highest BCUT2D eigenvalue weighted by molar-refractivity contribution is 6.33. The second-order valence-corrected chi connectivity index (χ2v) is 8.85. The van der Waals surface area contributed by atoms with Gasteiger partial charge in [-0.2, -0.15) is 0 Å². The maximum Gasteiger partial charge on any atom is 0.253 e. The molecule has 0 bridgehead atoms. The third-order valence-corrected chi connectivity index (χ3v) is 6.37. The minimum Gasteiger partial charge on any atom is -0.336 e. The van der Waals surface area contributed by atoms with E-state index in [9.17, 15) is 4.79 Å². The van der Waals surface area contributed by atoms with Crippen LogP contribution in [0.15, 0.2) is 54.9 Å². The lowest BCUT2D eigenvalue weighted by atomic mass is 10.0. The van der Waals surface area contributed by atoms with Gasteiger partial charge in [0, 0.05) is 55.4 Å². The average Bonchev–Trinajstić information content (AvgIpc) is 2.85. The number of carbonyl (C=O) groups is 1. The Morgan fingerprint density at radius 2 is 1.74 bits per heavy atom. The van der Waals surface area contributed by atoms with Crippen LogP contribution >= 0.6 is 11.6 Å². The summed E-state index contributed by atoms with van der Waals surface area (Å²) >= 11 is 6.35. The molecule has 3 heterocycles. The Labute approximate surface area is 202 Å². The first kappa shape index (κ1) is 22.2. The fourth-order valence-corrected chi connectivity index (χ4v) is 4.23. The lowest BCUT2D eigenvalue weighted by molar-refractivity contribution is 0.0664. The molecule has 34 heavy (non-hydrogen) atoms. The zero-order valence-electron chi connectivity index (χ0n) is 19.0. The summed E-state index contributed by atoms with van der Waals surface area (Å²) in [5, 5.41) is 12.4. The number of benzene rings is 2. The number of nitrogens with zero attached hydrogens (tertiary/aromatic N) is 6. The monoisotopic (exact) mass is 473 g/mol. The quantitative estimate of drug-likeness (QED) is 0.475. The number of nitrogens with one attached hydrogen (secondary N) is 1. The summed E-state index contributed by atoms with van der Waals surface area (Å²) in [6, 6.07) is 13.0. The number of piperazine rings is 1. The predicted molar refractivity (Wildman–Crippen MR) is 133 cm³/mol. The molecule has 0 atom stereocenters. The van der Waals surface area contributed by atoms with Crippen LogP contribution in [-0.2, 0) is 0 Å². The van der Waals surface area contributed by atoms with Crippen LogP contribution in [0.25, 0.3) is 22.2 Å². The molecule has 2 aromatic heterocycles. The highest BCUT2D eigenvalue weighted by atomic mass is 35.5. The molecular weight excluding hydrogens is 450 g/mol. The Hall–Kier alpha value is -3.62. The fourth-order valence-electron chi connectivity index (χ4n) is 4.02. The largest absolute Gasteiger partial charge is 0.336 e. The van der Waals surface area contributed by atoms with Gasteiger partial charge in [0.1, 0.15) is 5.52 Å². The smallest absolute Gasteiger partial charge is 0.253 e. The van der Waals surface area contributed by atoms with Crippen LogP contribution in [0, 0.1) is 6.92 Å². The van der Waals surface area contributed by atoms with Gasteiger partial charge in [0.25, 0.3) is 5.91 Å². The standard InChI is InChI=1S/C25H24ClN7O/c1-16-13-22-23(14-19(16)20-15-27-8-7-21(20)26)30-31-25(29-22)28-18-5-3-17(4-6-18)24(34)33-11-9-32(2)10-12-33/h3-8,13-15H,9-12H2,1-2H3,(H,28,29,31). The molecule has 0 aliphatic carbocycles. The van der Waals surface area contributed by atoms with E-state index < -0.39 is 0 Å². The number of rotatable bonds is 4. The average molecular weight is 474 g/mol. The SMILES string of the molecule is Cc1cc2nc(Nc3ccc(C(=O)N4CCN(C)CC4)cc3)nnc2cc1-c1cnccc1Cl. The first-order valence-corrected chi connectivity index (χ1v) is 11.5. The lowest BCUT2D eigenvalue weighted by Gasteiger charge is -2.32. The number of hydrogen-bond acceptors (Lipinski definition) is 7. The molecule has 5 rings (SSSR count). The van der Waals surface area contributed by atoms with E-state index in [-0.39, 0.29) is 5.91 Å². The minimum absolute atomic E-state index is 0.0586. The van der Waals surface area contributed by atoms with E-state index in [2.05, 4.69) is 37.4 Å². The van der Waals surface area contributed by atoms with Gasteiger partial charge in [0.05, 0.1) is 10.5 Å². The Kier molecular flexibility index (Phi) is 6.08. The summed E-state index contributed by atoms with van der Waals surface area (Å²) in [5.41, 5.74) is 5.65. The molecular formula is C25H24ClN7O. The Morgan fingerprint density at radius 1 is 0.971 bits per heavy atom. The lowest BCUT2D eigenvalue weighted by Crippen LogP contribution is -2.47. The van der Waals surface area contributed by atoms with E-state index in [1.54, 1.807) is 18.5 Å². The highest BCUT2D eigenvalue weighted by Gasteiger charge is 2.20. The van der Waals surface area contributed by atoms with Crippen molar-refractivity contribution in [3.8, 4) is 11.1 Å². The number of aromatic nitrogens is 4. The Bertz CT molecular complexity index is 1350. The summed E-state index contributed by atoms with van der Waals surface area (Å²) in [5.74, 6) is 0.445. The molecule has 4 aromatic rings. The van der Waals surface area contributed by atoms with Crippen LogP contribution in [0.1, 0.15) is 15.9 Å². The zero-order chi connectivity index (χ0) is 23.7. The van der Waals surface area contributed by atoms with E-state index in [4.69, 9.17) is 11.6 Å². The molecule has 9 heteroatoms. The first-order valence-electron chi connectivity index (χ1n) is 11.1. The van der Waals surface area contributed by atoms with Gasteiger partial charge in [-0.05, 0) is 67.6 Å². The number of hydrogen-bond donors (Lipinski definition) is 1. The number of amides is 1. The van der Waals surface area contributed by atoms with Crippen molar-refractivity contribution in [3.05, 3.63) is 71.0 Å². The van der Waals surface area contributed by atoms with Crippen LogP contribution in [0.2, 0.25) is 5.02 Å². The number of aryl methyl sites for hydroxylation is 1. The van der Waals surface area contributed by atoms with Crippen LogP contribution < -0.4 is 5.32 Å². The first-order chi connectivity index (χ1) is 16.5. The van der Waals surface area contributed by atoms with E-state index in [1.165, 1.54) is 0 Å². The van der Waals surface area contributed by atoms with E-state index in [0.29, 0.717) is 22.1 Å². The molecule has 1 aliphatic rings. The number of halogens is 1. The third-order valence-electron chi connectivity index (χ3n) is 6.04. The van der Waals surface area contributed by atoms with Gasteiger partial charge in [-0.25, -0.2) is 4.98 Å². The number of carbonyl (C=O) groups excluding carboxylic acids is 1. The maximum atomic E-state index is 12.7. The molecule has 2 aromatic carbocycles. The molecule has 1 N–H and O–H groups in total. The van der Waals surface area contributed by atoms with E-state index in [0.717, 1.165) is 54.1 Å². The molecule has 1 saturated heterocycles. The Morgan fingerprint density at radius 3 is 2.47 bits per heavy atom. The van der Waals surface area contributed by atoms with Crippen molar-refractivity contribution in [2.24, 2.45) is 0 Å². The van der Waals surface area contributed by atoms with Crippen molar-refractivity contribution in [1.29, 1.82) is 0 Å². The van der Waals surface area contributed by atoms with Gasteiger partial charge in [-0.3, -0.25) is 9.78 Å². The summed E-state index contributed by atoms with van der Waals surface area (Å²) in [7, 11) is 2.07.